The molecular formula is C21H23N3O3. The molecule has 140 valence electrons. The lowest BCUT2D eigenvalue weighted by molar-refractivity contribution is -0.127. The number of carbonyl (C=O) groups is 1. The maximum Gasteiger partial charge on any atom is 0.219 e. The highest BCUT2D eigenvalue weighted by atomic mass is 16.5. The second kappa shape index (κ2) is 6.95. The van der Waals surface area contributed by atoms with Crippen molar-refractivity contribution in [3.8, 4) is 22.8 Å². The lowest BCUT2D eigenvalue weighted by atomic mass is 10.1. The van der Waals surface area contributed by atoms with Crippen LogP contribution in [0.15, 0.2) is 42.6 Å². The highest BCUT2D eigenvalue weighted by Crippen LogP contribution is 2.34. The smallest absolute Gasteiger partial charge is 0.219 e. The standard InChI is InChI=1S/C21H23N3O3/c1-14(25)23-10-8-16(13-23)21-22-20(15-4-6-17(26-2)7-5-15)19-12-18(27-3)9-11-24(19)21/h4-7,9,11-12,16H,8,10,13H2,1-3H3. The van der Waals surface area contributed by atoms with Crippen LogP contribution < -0.4 is 9.47 Å². The molecule has 1 atom stereocenters. The highest BCUT2D eigenvalue weighted by Gasteiger charge is 2.29. The number of amides is 1. The van der Waals surface area contributed by atoms with E-state index in [-0.39, 0.29) is 11.8 Å². The van der Waals surface area contributed by atoms with E-state index in [4.69, 9.17) is 14.5 Å². The Morgan fingerprint density at radius 2 is 1.85 bits per heavy atom. The van der Waals surface area contributed by atoms with Gasteiger partial charge in [0.1, 0.15) is 17.3 Å². The van der Waals surface area contributed by atoms with E-state index in [0.29, 0.717) is 6.54 Å². The van der Waals surface area contributed by atoms with Gasteiger partial charge in [0, 0.05) is 43.8 Å². The number of nitrogens with zero attached hydrogens (tertiary/aromatic N) is 3. The first-order chi connectivity index (χ1) is 13.1. The average molecular weight is 365 g/mol. The summed E-state index contributed by atoms with van der Waals surface area (Å²) >= 11 is 0. The summed E-state index contributed by atoms with van der Waals surface area (Å²) in [5, 5.41) is 0. The van der Waals surface area contributed by atoms with Crippen LogP contribution in [0.3, 0.4) is 0 Å². The molecule has 3 heterocycles. The summed E-state index contributed by atoms with van der Waals surface area (Å²) in [6.07, 6.45) is 2.92. The van der Waals surface area contributed by atoms with Crippen molar-refractivity contribution in [2.75, 3.05) is 27.3 Å². The largest absolute Gasteiger partial charge is 0.497 e. The molecule has 1 fully saturated rings. The number of ether oxygens (including phenoxy) is 2. The topological polar surface area (TPSA) is 56.1 Å². The molecule has 6 heteroatoms. The van der Waals surface area contributed by atoms with E-state index in [1.165, 1.54) is 0 Å². The molecule has 6 nitrogen and oxygen atoms in total. The third-order valence-corrected chi connectivity index (χ3v) is 5.24. The molecule has 0 N–H and O–H groups in total. The first kappa shape index (κ1) is 17.4. The highest BCUT2D eigenvalue weighted by molar-refractivity contribution is 5.79. The van der Waals surface area contributed by atoms with Gasteiger partial charge in [0.25, 0.3) is 0 Å². The molecule has 0 bridgehead atoms. The van der Waals surface area contributed by atoms with Crippen LogP contribution in [0.1, 0.15) is 25.1 Å². The Bertz CT molecular complexity index is 978. The average Bonchev–Trinajstić information content (AvgIpc) is 3.32. The number of imidazole rings is 1. The minimum atomic E-state index is 0.121. The van der Waals surface area contributed by atoms with Crippen LogP contribution in [0.5, 0.6) is 11.5 Å². The molecule has 1 amide bonds. The second-order valence-corrected chi connectivity index (χ2v) is 6.82. The van der Waals surface area contributed by atoms with Gasteiger partial charge < -0.3 is 18.8 Å². The molecule has 4 rings (SSSR count). The van der Waals surface area contributed by atoms with E-state index in [1.54, 1.807) is 21.1 Å². The Morgan fingerprint density at radius 3 is 2.48 bits per heavy atom. The third kappa shape index (κ3) is 3.12. The maximum atomic E-state index is 11.7. The lowest BCUT2D eigenvalue weighted by Gasteiger charge is -2.13. The fourth-order valence-corrected chi connectivity index (χ4v) is 3.72. The van der Waals surface area contributed by atoms with Gasteiger partial charge in [0.15, 0.2) is 0 Å². The Hall–Kier alpha value is -3.02. The maximum absolute atomic E-state index is 11.7. The zero-order chi connectivity index (χ0) is 19.0. The Balaban J connectivity index is 1.82. The molecule has 0 spiro atoms. The number of carbonyl (C=O) groups excluding carboxylic acids is 1. The Morgan fingerprint density at radius 1 is 1.11 bits per heavy atom. The fraction of sp³-hybridized carbons (Fsp3) is 0.333. The van der Waals surface area contributed by atoms with Gasteiger partial charge in [-0.15, -0.1) is 0 Å². The van der Waals surface area contributed by atoms with Crippen molar-refractivity contribution in [3.05, 3.63) is 48.4 Å². The van der Waals surface area contributed by atoms with Crippen LogP contribution in [0.25, 0.3) is 16.8 Å². The van der Waals surface area contributed by atoms with Gasteiger partial charge in [0.2, 0.25) is 5.91 Å². The number of benzene rings is 1. The lowest BCUT2D eigenvalue weighted by Crippen LogP contribution is -2.25. The fourth-order valence-electron chi connectivity index (χ4n) is 3.72. The van der Waals surface area contributed by atoms with E-state index in [1.807, 2.05) is 47.5 Å². The van der Waals surface area contributed by atoms with Gasteiger partial charge >= 0.3 is 0 Å². The van der Waals surface area contributed by atoms with Crippen molar-refractivity contribution >= 4 is 11.4 Å². The zero-order valence-electron chi connectivity index (χ0n) is 15.8. The summed E-state index contributed by atoms with van der Waals surface area (Å²) in [6, 6.07) is 11.9. The summed E-state index contributed by atoms with van der Waals surface area (Å²) in [6.45, 7) is 3.12. The monoisotopic (exact) mass is 365 g/mol. The first-order valence-corrected chi connectivity index (χ1v) is 9.06. The van der Waals surface area contributed by atoms with Gasteiger partial charge in [-0.1, -0.05) is 0 Å². The molecule has 1 aromatic carbocycles. The van der Waals surface area contributed by atoms with Crippen molar-refractivity contribution in [1.82, 2.24) is 14.3 Å². The van der Waals surface area contributed by atoms with Crippen molar-refractivity contribution in [3.63, 3.8) is 0 Å². The number of hydrogen-bond donors (Lipinski definition) is 0. The summed E-state index contributed by atoms with van der Waals surface area (Å²) in [5.74, 6) is 2.94. The van der Waals surface area contributed by atoms with E-state index < -0.39 is 0 Å². The number of hydrogen-bond acceptors (Lipinski definition) is 4. The Kier molecular flexibility index (Phi) is 4.48. The van der Waals surface area contributed by atoms with E-state index in [0.717, 1.165) is 47.1 Å². The zero-order valence-corrected chi connectivity index (χ0v) is 15.8. The summed E-state index contributed by atoms with van der Waals surface area (Å²) < 4.78 is 12.8. The number of pyridine rings is 1. The molecule has 1 aliphatic heterocycles. The van der Waals surface area contributed by atoms with Crippen molar-refractivity contribution < 1.29 is 14.3 Å². The molecule has 1 unspecified atom stereocenters. The summed E-state index contributed by atoms with van der Waals surface area (Å²) in [4.78, 5) is 18.6. The van der Waals surface area contributed by atoms with Gasteiger partial charge in [-0.05, 0) is 36.8 Å². The van der Waals surface area contributed by atoms with Crippen LogP contribution in [-0.2, 0) is 4.79 Å². The Labute approximate surface area is 158 Å². The van der Waals surface area contributed by atoms with Crippen LogP contribution in [-0.4, -0.2) is 47.5 Å². The first-order valence-electron chi connectivity index (χ1n) is 9.06. The minimum Gasteiger partial charge on any atom is -0.497 e. The SMILES string of the molecule is COc1ccc(-c2nc(C3CCN(C(C)=O)C3)n3ccc(OC)cc23)cc1. The number of aromatic nitrogens is 2. The molecule has 3 aromatic rings. The molecule has 1 aliphatic rings. The van der Waals surface area contributed by atoms with Gasteiger partial charge in [-0.2, -0.15) is 0 Å². The van der Waals surface area contributed by atoms with E-state index in [2.05, 4.69) is 4.40 Å². The van der Waals surface area contributed by atoms with E-state index in [9.17, 15) is 4.79 Å². The minimum absolute atomic E-state index is 0.121. The second-order valence-electron chi connectivity index (χ2n) is 6.82. The summed E-state index contributed by atoms with van der Waals surface area (Å²) in [7, 11) is 3.32. The number of methoxy groups -OCH3 is 2. The van der Waals surface area contributed by atoms with E-state index >= 15 is 0 Å². The molecule has 0 radical (unpaired) electrons. The number of fused-ring (bicyclic) bond motifs is 1. The molecule has 0 saturated carbocycles. The predicted molar refractivity (Wildman–Crippen MR) is 103 cm³/mol. The van der Waals surface area contributed by atoms with Crippen LogP contribution in [0.2, 0.25) is 0 Å². The quantitative estimate of drug-likeness (QED) is 0.711. The molecule has 0 aliphatic carbocycles. The van der Waals surface area contributed by atoms with Crippen molar-refractivity contribution in [1.29, 1.82) is 0 Å². The number of rotatable bonds is 4. The molecule has 2 aromatic heterocycles. The summed E-state index contributed by atoms with van der Waals surface area (Å²) in [5.41, 5.74) is 2.93. The van der Waals surface area contributed by atoms with Gasteiger partial charge in [-0.25, -0.2) is 4.98 Å². The van der Waals surface area contributed by atoms with Crippen LogP contribution >= 0.6 is 0 Å². The van der Waals surface area contributed by atoms with Crippen LogP contribution in [0.4, 0.5) is 0 Å². The van der Waals surface area contributed by atoms with Gasteiger partial charge in [0.05, 0.1) is 25.4 Å². The third-order valence-electron chi connectivity index (χ3n) is 5.24. The molecular weight excluding hydrogens is 342 g/mol. The van der Waals surface area contributed by atoms with Crippen molar-refractivity contribution in [2.45, 2.75) is 19.3 Å². The van der Waals surface area contributed by atoms with Gasteiger partial charge in [-0.3, -0.25) is 4.79 Å². The molecule has 27 heavy (non-hydrogen) atoms. The van der Waals surface area contributed by atoms with Crippen LogP contribution in [0, 0.1) is 0 Å². The van der Waals surface area contributed by atoms with Crippen molar-refractivity contribution in [2.24, 2.45) is 0 Å². The number of likely N-dealkylation sites (tertiary alicyclic amines) is 1. The predicted octanol–water partition coefficient (Wildman–Crippen LogP) is 3.35. The molecule has 1 saturated heterocycles. The normalized spacial score (nSPS) is 16.7.